The predicted molar refractivity (Wildman–Crippen MR) is 78.2 cm³/mol. The summed E-state index contributed by atoms with van der Waals surface area (Å²) < 4.78 is 13.6. The number of carbonyl (C=O) groups excluding carboxylic acids is 1. The Hall–Kier alpha value is -1.91. The second kappa shape index (κ2) is 6.70. The van der Waals surface area contributed by atoms with Gasteiger partial charge in [-0.1, -0.05) is 32.0 Å². The highest BCUT2D eigenvalue weighted by Crippen LogP contribution is 2.31. The van der Waals surface area contributed by atoms with Crippen molar-refractivity contribution in [3.8, 4) is 0 Å². The third-order valence-electron chi connectivity index (χ3n) is 4.04. The summed E-state index contributed by atoms with van der Waals surface area (Å²) in [5.41, 5.74) is -0.758. The molecule has 0 aliphatic rings. The van der Waals surface area contributed by atoms with Crippen molar-refractivity contribution >= 4 is 11.9 Å². The second-order valence-corrected chi connectivity index (χ2v) is 5.86. The first-order valence-corrected chi connectivity index (χ1v) is 6.95. The van der Waals surface area contributed by atoms with Crippen LogP contribution in [0.15, 0.2) is 24.3 Å². The van der Waals surface area contributed by atoms with Crippen molar-refractivity contribution in [2.75, 3.05) is 0 Å². The van der Waals surface area contributed by atoms with Gasteiger partial charge in [-0.15, -0.1) is 0 Å². The average Bonchev–Trinajstić information content (AvgIpc) is 2.38. The highest BCUT2D eigenvalue weighted by molar-refractivity contribution is 5.85. The van der Waals surface area contributed by atoms with Gasteiger partial charge in [-0.25, -0.2) is 4.39 Å². The number of carbonyl (C=O) groups is 2. The maximum absolute atomic E-state index is 13.6. The Morgan fingerprint density at radius 3 is 2.33 bits per heavy atom. The molecule has 0 aliphatic carbocycles. The molecule has 1 amide bonds. The van der Waals surface area contributed by atoms with E-state index < -0.39 is 29.2 Å². The van der Waals surface area contributed by atoms with E-state index in [2.05, 4.69) is 5.32 Å². The Morgan fingerprint density at radius 2 is 1.86 bits per heavy atom. The summed E-state index contributed by atoms with van der Waals surface area (Å²) in [4.78, 5) is 23.4. The molecule has 0 radical (unpaired) electrons. The number of nitrogens with one attached hydrogen (secondary N) is 1. The van der Waals surface area contributed by atoms with Gasteiger partial charge >= 0.3 is 5.97 Å². The highest BCUT2D eigenvalue weighted by atomic mass is 19.1. The van der Waals surface area contributed by atoms with Crippen LogP contribution >= 0.6 is 0 Å². The zero-order chi connectivity index (χ0) is 16.2. The Bertz CT molecular complexity index is 530. The van der Waals surface area contributed by atoms with E-state index in [0.29, 0.717) is 5.56 Å². The molecule has 116 valence electrons. The minimum atomic E-state index is -1.14. The number of benzene rings is 1. The van der Waals surface area contributed by atoms with Gasteiger partial charge in [0.2, 0.25) is 5.91 Å². The predicted octanol–water partition coefficient (Wildman–Crippen LogP) is 3.14. The first kappa shape index (κ1) is 17.1. The largest absolute Gasteiger partial charge is 0.481 e. The summed E-state index contributed by atoms with van der Waals surface area (Å²) in [5.74, 6) is -1.99. The molecule has 1 aromatic rings. The van der Waals surface area contributed by atoms with Crippen LogP contribution in [0.3, 0.4) is 0 Å². The summed E-state index contributed by atoms with van der Waals surface area (Å²) in [7, 11) is 0. The molecule has 5 heteroatoms. The van der Waals surface area contributed by atoms with Crippen molar-refractivity contribution in [2.24, 2.45) is 11.3 Å². The summed E-state index contributed by atoms with van der Waals surface area (Å²) >= 11 is 0. The van der Waals surface area contributed by atoms with E-state index >= 15 is 0 Å². The molecule has 21 heavy (non-hydrogen) atoms. The molecular weight excluding hydrogens is 273 g/mol. The fourth-order valence-electron chi connectivity index (χ4n) is 2.06. The van der Waals surface area contributed by atoms with Crippen LogP contribution in [-0.4, -0.2) is 17.0 Å². The van der Waals surface area contributed by atoms with Gasteiger partial charge in [-0.2, -0.15) is 0 Å². The SMILES string of the molecule is CC(C)C(C)(CC(=O)N[C@@H](C)c1ccccc1F)C(=O)O. The molecule has 0 aromatic heterocycles. The number of halogens is 1. The van der Waals surface area contributed by atoms with Gasteiger partial charge in [-0.05, 0) is 25.8 Å². The standard InChI is InChI=1S/C16H22FNO3/c1-10(2)16(4,15(20)21)9-14(19)18-11(3)12-7-5-6-8-13(12)17/h5-8,10-11H,9H2,1-4H3,(H,18,19)(H,20,21)/t11-,16?/m0/s1. The molecule has 1 rings (SSSR count). The second-order valence-electron chi connectivity index (χ2n) is 5.86. The number of rotatable bonds is 6. The van der Waals surface area contributed by atoms with E-state index in [1.165, 1.54) is 6.07 Å². The lowest BCUT2D eigenvalue weighted by atomic mass is 9.76. The van der Waals surface area contributed by atoms with Gasteiger partial charge in [0.15, 0.2) is 0 Å². The molecule has 0 saturated heterocycles. The maximum atomic E-state index is 13.6. The highest BCUT2D eigenvalue weighted by Gasteiger charge is 2.39. The number of aliphatic carboxylic acids is 1. The maximum Gasteiger partial charge on any atom is 0.310 e. The lowest BCUT2D eigenvalue weighted by Crippen LogP contribution is -2.39. The van der Waals surface area contributed by atoms with Gasteiger partial charge in [0.05, 0.1) is 11.5 Å². The van der Waals surface area contributed by atoms with Crippen LogP contribution in [-0.2, 0) is 9.59 Å². The molecule has 0 aliphatic heterocycles. The molecule has 2 atom stereocenters. The van der Waals surface area contributed by atoms with Gasteiger partial charge in [-0.3, -0.25) is 9.59 Å². The van der Waals surface area contributed by atoms with E-state index in [9.17, 15) is 19.1 Å². The fraction of sp³-hybridized carbons (Fsp3) is 0.500. The number of hydrogen-bond donors (Lipinski definition) is 2. The Labute approximate surface area is 124 Å². The lowest BCUT2D eigenvalue weighted by Gasteiger charge is -2.29. The molecule has 0 spiro atoms. The van der Waals surface area contributed by atoms with Crippen molar-refractivity contribution in [1.29, 1.82) is 0 Å². The van der Waals surface area contributed by atoms with Crippen LogP contribution in [0.25, 0.3) is 0 Å². The molecule has 1 aromatic carbocycles. The monoisotopic (exact) mass is 295 g/mol. The van der Waals surface area contributed by atoms with E-state index in [0.717, 1.165) is 0 Å². The zero-order valence-electron chi connectivity index (χ0n) is 12.8. The molecular formula is C16H22FNO3. The Balaban J connectivity index is 2.78. The van der Waals surface area contributed by atoms with Crippen molar-refractivity contribution < 1.29 is 19.1 Å². The number of amides is 1. The van der Waals surface area contributed by atoms with Crippen molar-refractivity contribution in [1.82, 2.24) is 5.32 Å². The van der Waals surface area contributed by atoms with Crippen LogP contribution in [0.5, 0.6) is 0 Å². The minimum Gasteiger partial charge on any atom is -0.481 e. The molecule has 4 nitrogen and oxygen atoms in total. The molecule has 0 saturated carbocycles. The first-order chi connectivity index (χ1) is 9.68. The minimum absolute atomic E-state index is 0.140. The van der Waals surface area contributed by atoms with Gasteiger partial charge in [0.1, 0.15) is 5.82 Å². The quantitative estimate of drug-likeness (QED) is 0.847. The zero-order valence-corrected chi connectivity index (χ0v) is 12.8. The molecule has 2 N–H and O–H groups in total. The third-order valence-corrected chi connectivity index (χ3v) is 4.04. The Morgan fingerprint density at radius 1 is 1.29 bits per heavy atom. The summed E-state index contributed by atoms with van der Waals surface area (Å²) in [6, 6.07) is 5.68. The topological polar surface area (TPSA) is 66.4 Å². The van der Waals surface area contributed by atoms with E-state index in [-0.39, 0.29) is 12.3 Å². The summed E-state index contributed by atoms with van der Waals surface area (Å²) in [6.07, 6.45) is -0.140. The lowest BCUT2D eigenvalue weighted by molar-refractivity contribution is -0.153. The van der Waals surface area contributed by atoms with Crippen LogP contribution in [0.2, 0.25) is 0 Å². The molecule has 0 bridgehead atoms. The summed E-state index contributed by atoms with van der Waals surface area (Å²) in [6.45, 7) is 6.75. The third kappa shape index (κ3) is 4.03. The van der Waals surface area contributed by atoms with Crippen molar-refractivity contribution in [3.05, 3.63) is 35.6 Å². The number of hydrogen-bond acceptors (Lipinski definition) is 2. The van der Waals surface area contributed by atoms with Crippen LogP contribution in [0, 0.1) is 17.2 Å². The molecule has 0 fully saturated rings. The Kier molecular flexibility index (Phi) is 5.47. The van der Waals surface area contributed by atoms with Gasteiger partial charge in [0, 0.05) is 12.0 Å². The fourth-order valence-corrected chi connectivity index (χ4v) is 2.06. The molecule has 0 heterocycles. The number of carboxylic acids is 1. The summed E-state index contributed by atoms with van der Waals surface area (Å²) in [5, 5.41) is 12.0. The normalized spacial score (nSPS) is 15.3. The van der Waals surface area contributed by atoms with E-state index in [1.807, 2.05) is 0 Å². The first-order valence-electron chi connectivity index (χ1n) is 6.95. The average molecular weight is 295 g/mol. The van der Waals surface area contributed by atoms with Crippen LogP contribution in [0.4, 0.5) is 4.39 Å². The molecule has 1 unspecified atom stereocenters. The van der Waals surface area contributed by atoms with Crippen LogP contribution in [0.1, 0.15) is 45.7 Å². The van der Waals surface area contributed by atoms with Gasteiger partial charge in [0.25, 0.3) is 0 Å². The van der Waals surface area contributed by atoms with Gasteiger partial charge < -0.3 is 10.4 Å². The van der Waals surface area contributed by atoms with E-state index in [4.69, 9.17) is 0 Å². The van der Waals surface area contributed by atoms with Crippen molar-refractivity contribution in [2.45, 2.75) is 40.2 Å². The smallest absolute Gasteiger partial charge is 0.310 e. The van der Waals surface area contributed by atoms with Crippen LogP contribution < -0.4 is 5.32 Å². The van der Waals surface area contributed by atoms with Crippen molar-refractivity contribution in [3.63, 3.8) is 0 Å². The van der Waals surface area contributed by atoms with E-state index in [1.54, 1.807) is 45.9 Å². The number of carboxylic acid groups (broad SMARTS) is 1.